The lowest BCUT2D eigenvalue weighted by molar-refractivity contribution is -0.131. The van der Waals surface area contributed by atoms with E-state index in [1.807, 2.05) is 11.8 Å². The summed E-state index contributed by atoms with van der Waals surface area (Å²) in [4.78, 5) is 14.6. The number of carbonyl (C=O) groups is 1. The molecule has 1 saturated heterocycles. The number of fused-ring (bicyclic) bond motifs is 1. The predicted molar refractivity (Wildman–Crippen MR) is 87.9 cm³/mol. The number of nitrogens with zero attached hydrogens (tertiary/aromatic N) is 4. The summed E-state index contributed by atoms with van der Waals surface area (Å²) in [6.07, 6.45) is 6.91. The zero-order valence-electron chi connectivity index (χ0n) is 13.6. The molecule has 1 amide bonds. The van der Waals surface area contributed by atoms with Crippen molar-refractivity contribution in [2.75, 3.05) is 13.1 Å². The average Bonchev–Trinajstić information content (AvgIpc) is 2.75. The summed E-state index contributed by atoms with van der Waals surface area (Å²) in [5, 5.41) is 9.48. The summed E-state index contributed by atoms with van der Waals surface area (Å²) >= 11 is 1.57. The van der Waals surface area contributed by atoms with Crippen molar-refractivity contribution >= 4 is 17.7 Å². The molecule has 5 nitrogen and oxygen atoms in total. The lowest BCUT2D eigenvalue weighted by Gasteiger charge is -2.31. The van der Waals surface area contributed by atoms with Gasteiger partial charge in [-0.25, -0.2) is 0 Å². The molecule has 3 heterocycles. The van der Waals surface area contributed by atoms with Crippen molar-refractivity contribution in [3.8, 4) is 0 Å². The Bertz CT molecular complexity index is 522. The van der Waals surface area contributed by atoms with Gasteiger partial charge in [-0.2, -0.15) is 0 Å². The summed E-state index contributed by atoms with van der Waals surface area (Å²) in [6.45, 7) is 7.08. The molecular weight excluding hydrogens is 296 g/mol. The van der Waals surface area contributed by atoms with E-state index < -0.39 is 0 Å². The van der Waals surface area contributed by atoms with Crippen LogP contribution in [0.4, 0.5) is 0 Å². The molecule has 0 bridgehead atoms. The van der Waals surface area contributed by atoms with Gasteiger partial charge in [0.25, 0.3) is 0 Å². The first kappa shape index (κ1) is 15.8. The van der Waals surface area contributed by atoms with Gasteiger partial charge in [-0.3, -0.25) is 4.79 Å². The van der Waals surface area contributed by atoms with Crippen LogP contribution < -0.4 is 0 Å². The van der Waals surface area contributed by atoms with Crippen LogP contribution in [0, 0.1) is 5.92 Å². The fourth-order valence-corrected chi connectivity index (χ4v) is 4.22. The second kappa shape index (κ2) is 7.02. The molecule has 0 aliphatic carbocycles. The Labute approximate surface area is 136 Å². The highest BCUT2D eigenvalue weighted by atomic mass is 32.2. The Hall–Kier alpha value is -1.04. The molecule has 122 valence electrons. The maximum absolute atomic E-state index is 12.6. The number of likely N-dealkylation sites (tertiary alicyclic amines) is 1. The highest BCUT2D eigenvalue weighted by Gasteiger charge is 2.27. The highest BCUT2D eigenvalue weighted by Crippen LogP contribution is 2.27. The summed E-state index contributed by atoms with van der Waals surface area (Å²) in [5.74, 6) is 2.09. The van der Waals surface area contributed by atoms with Gasteiger partial charge in [-0.1, -0.05) is 25.1 Å². The lowest BCUT2D eigenvalue weighted by atomic mass is 9.99. The van der Waals surface area contributed by atoms with Crippen molar-refractivity contribution in [3.05, 3.63) is 5.82 Å². The van der Waals surface area contributed by atoms with E-state index in [9.17, 15) is 4.79 Å². The Morgan fingerprint density at radius 1 is 1.18 bits per heavy atom. The molecule has 0 aromatic carbocycles. The van der Waals surface area contributed by atoms with Crippen LogP contribution in [0.2, 0.25) is 0 Å². The SMILES string of the molecule is CC1CCN(C(=O)C(C)Sc2nnc3n2CCCCC3)CC1. The van der Waals surface area contributed by atoms with E-state index >= 15 is 0 Å². The lowest BCUT2D eigenvalue weighted by Crippen LogP contribution is -2.41. The molecule has 2 aliphatic rings. The number of rotatable bonds is 3. The van der Waals surface area contributed by atoms with Crippen LogP contribution in [-0.4, -0.2) is 43.9 Å². The first-order valence-electron chi connectivity index (χ1n) is 8.52. The highest BCUT2D eigenvalue weighted by molar-refractivity contribution is 8.00. The van der Waals surface area contributed by atoms with Crippen molar-refractivity contribution in [2.24, 2.45) is 5.92 Å². The van der Waals surface area contributed by atoms with E-state index in [4.69, 9.17) is 0 Å². The van der Waals surface area contributed by atoms with E-state index in [-0.39, 0.29) is 11.2 Å². The quantitative estimate of drug-likeness (QED) is 0.803. The molecule has 1 unspecified atom stereocenters. The molecular formula is C16H26N4OS. The zero-order valence-corrected chi connectivity index (χ0v) is 14.4. The largest absolute Gasteiger partial charge is 0.342 e. The van der Waals surface area contributed by atoms with Crippen LogP contribution in [0.5, 0.6) is 0 Å². The van der Waals surface area contributed by atoms with Crippen LogP contribution in [0.15, 0.2) is 5.16 Å². The molecule has 1 atom stereocenters. The Balaban J connectivity index is 1.63. The molecule has 0 spiro atoms. The Morgan fingerprint density at radius 2 is 1.95 bits per heavy atom. The standard InChI is InChI=1S/C16H26N4OS/c1-12-7-10-19(11-8-12)15(21)13(2)22-16-18-17-14-6-4-3-5-9-20(14)16/h12-13H,3-11H2,1-2H3. The maximum Gasteiger partial charge on any atom is 0.235 e. The topological polar surface area (TPSA) is 51.0 Å². The first-order chi connectivity index (χ1) is 10.6. The fraction of sp³-hybridized carbons (Fsp3) is 0.812. The second-order valence-electron chi connectivity index (χ2n) is 6.63. The van der Waals surface area contributed by atoms with E-state index in [0.29, 0.717) is 0 Å². The third kappa shape index (κ3) is 3.47. The van der Waals surface area contributed by atoms with Gasteiger partial charge in [0.05, 0.1) is 5.25 Å². The third-order valence-corrected chi connectivity index (χ3v) is 5.87. The van der Waals surface area contributed by atoms with Gasteiger partial charge in [0, 0.05) is 26.1 Å². The molecule has 22 heavy (non-hydrogen) atoms. The summed E-state index contributed by atoms with van der Waals surface area (Å²) < 4.78 is 2.22. The van der Waals surface area contributed by atoms with Crippen LogP contribution in [0.25, 0.3) is 0 Å². The van der Waals surface area contributed by atoms with Crippen molar-refractivity contribution in [1.29, 1.82) is 0 Å². The van der Waals surface area contributed by atoms with Crippen molar-refractivity contribution in [2.45, 2.75) is 69.3 Å². The molecule has 0 saturated carbocycles. The molecule has 1 fully saturated rings. The van der Waals surface area contributed by atoms with E-state index in [1.165, 1.54) is 19.3 Å². The maximum atomic E-state index is 12.6. The monoisotopic (exact) mass is 322 g/mol. The Morgan fingerprint density at radius 3 is 2.73 bits per heavy atom. The molecule has 0 N–H and O–H groups in total. The second-order valence-corrected chi connectivity index (χ2v) is 7.94. The summed E-state index contributed by atoms with van der Waals surface area (Å²) in [5.41, 5.74) is 0. The first-order valence-corrected chi connectivity index (χ1v) is 9.40. The van der Waals surface area contributed by atoms with Crippen LogP contribution in [0.1, 0.15) is 51.8 Å². The smallest absolute Gasteiger partial charge is 0.235 e. The van der Waals surface area contributed by atoms with Gasteiger partial charge in [0.1, 0.15) is 5.82 Å². The predicted octanol–water partition coefficient (Wildman–Crippen LogP) is 2.74. The van der Waals surface area contributed by atoms with E-state index in [2.05, 4.69) is 21.7 Å². The number of amides is 1. The van der Waals surface area contributed by atoms with Gasteiger partial charge in [-0.05, 0) is 38.5 Å². The van der Waals surface area contributed by atoms with Gasteiger partial charge in [0.2, 0.25) is 5.91 Å². The number of piperidine rings is 1. The van der Waals surface area contributed by atoms with Crippen molar-refractivity contribution in [3.63, 3.8) is 0 Å². The molecule has 1 aromatic heterocycles. The zero-order chi connectivity index (χ0) is 15.5. The number of aromatic nitrogens is 3. The number of thioether (sulfide) groups is 1. The van der Waals surface area contributed by atoms with Gasteiger partial charge < -0.3 is 9.47 Å². The summed E-state index contributed by atoms with van der Waals surface area (Å²) in [6, 6.07) is 0. The fourth-order valence-electron chi connectivity index (χ4n) is 3.24. The normalized spacial score (nSPS) is 21.3. The number of aryl methyl sites for hydroxylation is 1. The van der Waals surface area contributed by atoms with Crippen molar-refractivity contribution < 1.29 is 4.79 Å². The molecule has 3 rings (SSSR count). The molecule has 6 heteroatoms. The summed E-state index contributed by atoms with van der Waals surface area (Å²) in [7, 11) is 0. The number of hydrogen-bond acceptors (Lipinski definition) is 4. The van der Waals surface area contributed by atoms with Crippen LogP contribution in [0.3, 0.4) is 0 Å². The van der Waals surface area contributed by atoms with Crippen LogP contribution in [-0.2, 0) is 17.8 Å². The van der Waals surface area contributed by atoms with Gasteiger partial charge in [0.15, 0.2) is 5.16 Å². The number of carbonyl (C=O) groups excluding carboxylic acids is 1. The van der Waals surface area contributed by atoms with E-state index in [1.54, 1.807) is 11.8 Å². The minimum atomic E-state index is -0.0787. The minimum Gasteiger partial charge on any atom is -0.342 e. The minimum absolute atomic E-state index is 0.0787. The molecule has 0 radical (unpaired) electrons. The average molecular weight is 322 g/mol. The molecule has 2 aliphatic heterocycles. The molecule has 1 aromatic rings. The van der Waals surface area contributed by atoms with Gasteiger partial charge >= 0.3 is 0 Å². The number of hydrogen-bond donors (Lipinski definition) is 0. The van der Waals surface area contributed by atoms with Crippen LogP contribution >= 0.6 is 11.8 Å². The van der Waals surface area contributed by atoms with Gasteiger partial charge in [-0.15, -0.1) is 10.2 Å². The van der Waals surface area contributed by atoms with Crippen molar-refractivity contribution in [1.82, 2.24) is 19.7 Å². The van der Waals surface area contributed by atoms with E-state index in [0.717, 1.165) is 55.8 Å². The third-order valence-electron chi connectivity index (χ3n) is 4.80. The Kier molecular flexibility index (Phi) is 5.06.